The van der Waals surface area contributed by atoms with Crippen LogP contribution in [0.25, 0.3) is 0 Å². The Labute approximate surface area is 76.4 Å². The fourth-order valence-electron chi connectivity index (χ4n) is 0.750. The van der Waals surface area contributed by atoms with Gasteiger partial charge in [-0.25, -0.2) is 0 Å². The molecule has 0 unspecified atom stereocenters. The third-order valence-electron chi connectivity index (χ3n) is 1.36. The molecule has 0 fully saturated rings. The number of nitrogens with zero attached hydrogens (tertiary/aromatic N) is 2. The molecule has 4 nitrogen and oxygen atoms in total. The molecule has 1 aromatic heterocycles. The third kappa shape index (κ3) is 4.03. The van der Waals surface area contributed by atoms with E-state index in [1.54, 1.807) is 0 Å². The number of nitrogens with two attached hydrogens (primary N) is 1. The highest BCUT2D eigenvalue weighted by Crippen LogP contribution is 1.94. The molecule has 0 saturated carbocycles. The monoisotopic (exact) mass is 177 g/mol. The minimum atomic E-state index is 0.640. The molecular weight excluding hydrogens is 166 g/mol. The molecule has 0 radical (unpaired) electrons. The lowest BCUT2D eigenvalue weighted by atomic mass is 10.2. The van der Waals surface area contributed by atoms with Crippen LogP contribution >= 0.6 is 0 Å². The first-order valence-corrected chi connectivity index (χ1v) is 3.88. The van der Waals surface area contributed by atoms with Gasteiger partial charge in [-0.05, 0) is 5.56 Å². The third-order valence-corrected chi connectivity index (χ3v) is 1.36. The van der Waals surface area contributed by atoms with E-state index in [4.69, 9.17) is 5.73 Å². The average Bonchev–Trinajstić information content (AvgIpc) is 2.77. The Kier molecular flexibility index (Phi) is 4.27. The molecule has 4 heteroatoms. The quantitative estimate of drug-likeness (QED) is 0.711. The molecule has 13 heavy (non-hydrogen) atoms. The molecule has 1 heterocycles. The summed E-state index contributed by atoms with van der Waals surface area (Å²) in [5.74, 6) is 0. The zero-order valence-electron chi connectivity index (χ0n) is 7.13. The number of benzene rings is 1. The molecule has 0 amide bonds. The Morgan fingerprint density at radius 3 is 2.31 bits per heavy atom. The summed E-state index contributed by atoms with van der Waals surface area (Å²) in [6.45, 7) is 0.640. The second-order valence-corrected chi connectivity index (χ2v) is 2.28. The molecule has 68 valence electrons. The lowest BCUT2D eigenvalue weighted by molar-refractivity contribution is 0.393. The van der Waals surface area contributed by atoms with Crippen molar-refractivity contribution in [2.24, 2.45) is 5.73 Å². The van der Waals surface area contributed by atoms with Gasteiger partial charge in [0.25, 0.3) is 0 Å². The van der Waals surface area contributed by atoms with Crippen molar-refractivity contribution in [2.75, 3.05) is 0 Å². The normalized spacial score (nSPS) is 8.69. The predicted octanol–water partition coefficient (Wildman–Crippen LogP) is 1.21. The van der Waals surface area contributed by atoms with Crippen LogP contribution in [0.5, 0.6) is 0 Å². The summed E-state index contributed by atoms with van der Waals surface area (Å²) < 4.78 is 4.22. The Bertz CT molecular complexity index is 277. The highest BCUT2D eigenvalue weighted by molar-refractivity contribution is 5.13. The zero-order valence-corrected chi connectivity index (χ0v) is 7.13. The number of aromatic nitrogens is 2. The van der Waals surface area contributed by atoms with Crippen molar-refractivity contribution in [3.05, 3.63) is 48.4 Å². The van der Waals surface area contributed by atoms with E-state index in [0.717, 1.165) is 0 Å². The molecule has 2 aromatic rings. The van der Waals surface area contributed by atoms with Crippen LogP contribution in [0.3, 0.4) is 0 Å². The number of rotatable bonds is 1. The fourth-order valence-corrected chi connectivity index (χ4v) is 0.750. The van der Waals surface area contributed by atoms with E-state index in [0.29, 0.717) is 6.54 Å². The molecule has 0 spiro atoms. The molecule has 0 aliphatic heterocycles. The number of hydrogen-bond donors (Lipinski definition) is 1. The molecule has 2 rings (SSSR count). The summed E-state index contributed by atoms with van der Waals surface area (Å²) in [6.07, 6.45) is 2.88. The predicted molar refractivity (Wildman–Crippen MR) is 48.6 cm³/mol. The first-order chi connectivity index (χ1) is 6.43. The largest absolute Gasteiger partial charge is 0.346 e. The van der Waals surface area contributed by atoms with Gasteiger partial charge in [-0.2, -0.15) is 0 Å². The van der Waals surface area contributed by atoms with Gasteiger partial charge in [-0.1, -0.05) is 30.3 Å². The van der Waals surface area contributed by atoms with Crippen molar-refractivity contribution in [1.82, 2.24) is 10.4 Å². The summed E-state index contributed by atoms with van der Waals surface area (Å²) >= 11 is 0. The molecule has 0 aliphatic carbocycles. The maximum Gasteiger partial charge on any atom is 0.144 e. The lowest BCUT2D eigenvalue weighted by Gasteiger charge is -1.90. The Morgan fingerprint density at radius 1 is 1.23 bits per heavy atom. The highest BCUT2D eigenvalue weighted by atomic mass is 16.5. The first kappa shape index (κ1) is 9.41. The molecule has 0 atom stereocenters. The van der Waals surface area contributed by atoms with E-state index in [9.17, 15) is 0 Å². The Morgan fingerprint density at radius 2 is 2.00 bits per heavy atom. The van der Waals surface area contributed by atoms with Crippen molar-refractivity contribution in [1.29, 1.82) is 0 Å². The number of hydrogen-bond acceptors (Lipinski definition) is 4. The zero-order chi connectivity index (χ0) is 9.36. The van der Waals surface area contributed by atoms with Gasteiger partial charge >= 0.3 is 0 Å². The van der Waals surface area contributed by atoms with E-state index in [1.165, 1.54) is 18.0 Å². The summed E-state index contributed by atoms with van der Waals surface area (Å²) in [4.78, 5) is 0. The van der Waals surface area contributed by atoms with Crippen LogP contribution in [0.1, 0.15) is 5.56 Å². The van der Waals surface area contributed by atoms with Crippen molar-refractivity contribution in [2.45, 2.75) is 6.54 Å². The minimum Gasteiger partial charge on any atom is -0.346 e. The van der Waals surface area contributed by atoms with E-state index in [-0.39, 0.29) is 0 Å². The van der Waals surface area contributed by atoms with Crippen LogP contribution in [0.4, 0.5) is 0 Å². The van der Waals surface area contributed by atoms with Crippen LogP contribution in [0.2, 0.25) is 0 Å². The smallest absolute Gasteiger partial charge is 0.144 e. The average molecular weight is 177 g/mol. The van der Waals surface area contributed by atoms with Gasteiger partial charge in [0, 0.05) is 11.8 Å². The SMILES string of the molecule is NCc1ccccc1.c1conn1. The Balaban J connectivity index is 0.000000145. The maximum absolute atomic E-state index is 5.35. The van der Waals surface area contributed by atoms with Crippen molar-refractivity contribution in [3.63, 3.8) is 0 Å². The van der Waals surface area contributed by atoms with Crippen LogP contribution in [0, 0.1) is 0 Å². The molecule has 0 aliphatic rings. The second kappa shape index (κ2) is 5.91. The maximum atomic E-state index is 5.35. The van der Waals surface area contributed by atoms with Crippen molar-refractivity contribution in [3.8, 4) is 0 Å². The molecular formula is C9H11N3O. The second-order valence-electron chi connectivity index (χ2n) is 2.28. The first-order valence-electron chi connectivity index (χ1n) is 3.88. The van der Waals surface area contributed by atoms with Gasteiger partial charge in [0.2, 0.25) is 0 Å². The van der Waals surface area contributed by atoms with Gasteiger partial charge < -0.3 is 10.3 Å². The van der Waals surface area contributed by atoms with Gasteiger partial charge in [-0.15, -0.1) is 5.10 Å². The van der Waals surface area contributed by atoms with Crippen LogP contribution in [0.15, 0.2) is 47.3 Å². The van der Waals surface area contributed by atoms with Gasteiger partial charge in [0.15, 0.2) is 0 Å². The van der Waals surface area contributed by atoms with Crippen LogP contribution in [-0.2, 0) is 6.54 Å². The van der Waals surface area contributed by atoms with Crippen molar-refractivity contribution >= 4 is 0 Å². The van der Waals surface area contributed by atoms with E-state index < -0.39 is 0 Å². The van der Waals surface area contributed by atoms with Crippen LogP contribution in [-0.4, -0.2) is 10.4 Å². The Hall–Kier alpha value is -1.68. The van der Waals surface area contributed by atoms with E-state index in [2.05, 4.69) is 14.9 Å². The van der Waals surface area contributed by atoms with E-state index in [1.807, 2.05) is 30.3 Å². The lowest BCUT2D eigenvalue weighted by Crippen LogP contribution is -1.94. The highest BCUT2D eigenvalue weighted by Gasteiger charge is 1.80. The molecule has 1 aromatic carbocycles. The molecule has 0 saturated heterocycles. The van der Waals surface area contributed by atoms with Crippen LogP contribution < -0.4 is 5.73 Å². The van der Waals surface area contributed by atoms with Gasteiger partial charge in [0.05, 0.1) is 6.20 Å². The van der Waals surface area contributed by atoms with E-state index >= 15 is 0 Å². The molecule has 0 bridgehead atoms. The summed E-state index contributed by atoms with van der Waals surface area (Å²) in [6, 6.07) is 9.99. The van der Waals surface area contributed by atoms with Gasteiger partial charge in [0.1, 0.15) is 6.26 Å². The topological polar surface area (TPSA) is 64.9 Å². The summed E-state index contributed by atoms with van der Waals surface area (Å²) in [7, 11) is 0. The minimum absolute atomic E-state index is 0.640. The summed E-state index contributed by atoms with van der Waals surface area (Å²) in [5.41, 5.74) is 6.54. The van der Waals surface area contributed by atoms with Crippen molar-refractivity contribution < 1.29 is 4.52 Å². The standard InChI is InChI=1S/C7H9N.C2H2N2O/c8-6-7-4-2-1-3-5-7;1-2-5-4-3-1/h1-5H,6,8H2;1-2H. The fraction of sp³-hybridized carbons (Fsp3) is 0.111. The molecule has 2 N–H and O–H groups in total. The summed E-state index contributed by atoms with van der Waals surface area (Å²) in [5, 5.41) is 6.40. The van der Waals surface area contributed by atoms with Gasteiger partial charge in [-0.3, -0.25) is 0 Å².